The van der Waals surface area contributed by atoms with Crippen molar-refractivity contribution in [3.8, 4) is 11.5 Å². The molecule has 2 rings (SSSR count). The summed E-state index contributed by atoms with van der Waals surface area (Å²) in [7, 11) is 4.98. The predicted octanol–water partition coefficient (Wildman–Crippen LogP) is 1.44. The van der Waals surface area contributed by atoms with Gasteiger partial charge in [0, 0.05) is 25.8 Å². The molecule has 1 amide bonds. The maximum Gasteiger partial charge on any atom is 0.231 e. The Bertz CT molecular complexity index is 438. The summed E-state index contributed by atoms with van der Waals surface area (Å²) in [6.07, 6.45) is 0.371. The first-order valence-corrected chi connectivity index (χ1v) is 6.45. The number of ether oxygens (including phenoxy) is 2. The second kappa shape index (κ2) is 7.25. The van der Waals surface area contributed by atoms with Gasteiger partial charge in [0.1, 0.15) is 0 Å². The second-order valence-corrected chi connectivity index (χ2v) is 4.74. The van der Waals surface area contributed by atoms with E-state index in [1.807, 2.05) is 18.2 Å². The van der Waals surface area contributed by atoms with Gasteiger partial charge in [-0.05, 0) is 24.7 Å². The van der Waals surface area contributed by atoms with Crippen molar-refractivity contribution in [2.75, 3.05) is 27.9 Å². The fourth-order valence-corrected chi connectivity index (χ4v) is 1.90. The van der Waals surface area contributed by atoms with Crippen molar-refractivity contribution in [3.63, 3.8) is 0 Å². The van der Waals surface area contributed by atoms with Crippen LogP contribution in [0.15, 0.2) is 18.2 Å². The van der Waals surface area contributed by atoms with Gasteiger partial charge in [0.2, 0.25) is 12.7 Å². The summed E-state index contributed by atoms with van der Waals surface area (Å²) in [5.41, 5.74) is 5.47. The number of amides is 1. The van der Waals surface area contributed by atoms with Crippen molar-refractivity contribution in [3.05, 3.63) is 23.8 Å². The van der Waals surface area contributed by atoms with Gasteiger partial charge in [-0.1, -0.05) is 6.07 Å². The Labute approximate surface area is 119 Å². The van der Waals surface area contributed by atoms with Gasteiger partial charge in [-0.2, -0.15) is 12.6 Å². The van der Waals surface area contributed by atoms with Crippen LogP contribution in [0.5, 0.6) is 11.5 Å². The molecule has 106 valence electrons. The Hall–Kier alpha value is -1.40. The zero-order valence-corrected chi connectivity index (χ0v) is 12.3. The summed E-state index contributed by atoms with van der Waals surface area (Å²) in [6.45, 7) is 0.257. The van der Waals surface area contributed by atoms with Gasteiger partial charge < -0.3 is 20.1 Å². The number of hydrogen-bond donors (Lipinski definition) is 2. The van der Waals surface area contributed by atoms with E-state index in [-0.39, 0.29) is 18.0 Å². The van der Waals surface area contributed by atoms with Gasteiger partial charge in [0.15, 0.2) is 11.5 Å². The average molecular weight is 284 g/mol. The number of nitrogens with zero attached hydrogens (tertiary/aromatic N) is 1. The van der Waals surface area contributed by atoms with Crippen molar-refractivity contribution in [1.82, 2.24) is 4.90 Å². The van der Waals surface area contributed by atoms with Gasteiger partial charge in [-0.3, -0.25) is 4.79 Å². The number of hydrogen-bond acceptors (Lipinski definition) is 5. The zero-order valence-electron chi connectivity index (χ0n) is 11.4. The topological polar surface area (TPSA) is 64.8 Å². The van der Waals surface area contributed by atoms with E-state index in [0.29, 0.717) is 6.42 Å². The van der Waals surface area contributed by atoms with Gasteiger partial charge in [0.05, 0.1) is 0 Å². The lowest BCUT2D eigenvalue weighted by Crippen LogP contribution is -2.22. The van der Waals surface area contributed by atoms with E-state index in [4.69, 9.17) is 9.47 Å². The first kappa shape index (κ1) is 15.7. The number of fused-ring (bicyclic) bond motifs is 1. The van der Waals surface area contributed by atoms with Crippen molar-refractivity contribution in [1.29, 1.82) is 0 Å². The molecule has 6 heteroatoms. The highest BCUT2D eigenvalue weighted by atomic mass is 32.1. The monoisotopic (exact) mass is 284 g/mol. The van der Waals surface area contributed by atoms with Crippen LogP contribution in [0.4, 0.5) is 0 Å². The average Bonchev–Trinajstić information content (AvgIpc) is 2.87. The highest BCUT2D eigenvalue weighted by Crippen LogP contribution is 2.36. The molecule has 0 bridgehead atoms. The third-order valence-corrected chi connectivity index (χ3v) is 3.13. The van der Waals surface area contributed by atoms with Crippen LogP contribution in [0.3, 0.4) is 0 Å². The Morgan fingerprint density at radius 1 is 1.37 bits per heavy atom. The van der Waals surface area contributed by atoms with Crippen molar-refractivity contribution in [2.24, 2.45) is 5.73 Å². The first-order chi connectivity index (χ1) is 9.08. The van der Waals surface area contributed by atoms with E-state index in [1.54, 1.807) is 19.0 Å². The summed E-state index contributed by atoms with van der Waals surface area (Å²) in [4.78, 5) is 13.1. The molecule has 5 nitrogen and oxygen atoms in total. The molecule has 0 saturated carbocycles. The van der Waals surface area contributed by atoms with Crippen LogP contribution in [0.1, 0.15) is 17.2 Å². The number of thiol groups is 1. The van der Waals surface area contributed by atoms with Crippen LogP contribution in [0.25, 0.3) is 0 Å². The SMILES string of the molecule is CN.CN(C)C(=O)CC(S)c1ccc2c(c1)OCO2. The third kappa shape index (κ3) is 4.04. The van der Waals surface area contributed by atoms with Crippen LogP contribution >= 0.6 is 12.6 Å². The van der Waals surface area contributed by atoms with Crippen LogP contribution in [0.2, 0.25) is 0 Å². The molecule has 0 aromatic heterocycles. The second-order valence-electron chi connectivity index (χ2n) is 4.12. The van der Waals surface area contributed by atoms with Crippen LogP contribution in [0, 0.1) is 0 Å². The summed E-state index contributed by atoms with van der Waals surface area (Å²) in [5, 5.41) is -0.126. The highest BCUT2D eigenvalue weighted by molar-refractivity contribution is 7.80. The van der Waals surface area contributed by atoms with Crippen molar-refractivity contribution < 1.29 is 14.3 Å². The molecule has 2 N–H and O–H groups in total. The highest BCUT2D eigenvalue weighted by Gasteiger charge is 2.18. The van der Waals surface area contributed by atoms with Crippen molar-refractivity contribution in [2.45, 2.75) is 11.7 Å². The molecule has 1 aliphatic heterocycles. The Kier molecular flexibility index (Phi) is 5.98. The molecule has 0 aliphatic carbocycles. The molecule has 1 aromatic rings. The molecule has 1 unspecified atom stereocenters. The lowest BCUT2D eigenvalue weighted by molar-refractivity contribution is -0.128. The number of benzene rings is 1. The molecule has 1 aliphatic rings. The maximum atomic E-state index is 11.6. The molecule has 0 fully saturated rings. The van der Waals surface area contributed by atoms with E-state index >= 15 is 0 Å². The van der Waals surface area contributed by atoms with E-state index in [9.17, 15) is 4.79 Å². The molecule has 0 spiro atoms. The Morgan fingerprint density at radius 2 is 2.00 bits per heavy atom. The lowest BCUT2D eigenvalue weighted by atomic mass is 10.1. The fraction of sp³-hybridized carbons (Fsp3) is 0.462. The maximum absolute atomic E-state index is 11.6. The van der Waals surface area contributed by atoms with Crippen LogP contribution in [-0.2, 0) is 4.79 Å². The van der Waals surface area contributed by atoms with Gasteiger partial charge >= 0.3 is 0 Å². The van der Waals surface area contributed by atoms with E-state index in [0.717, 1.165) is 17.1 Å². The Balaban J connectivity index is 0.000000861. The quantitative estimate of drug-likeness (QED) is 0.824. The number of carbonyl (C=O) groups is 1. The largest absolute Gasteiger partial charge is 0.454 e. The lowest BCUT2D eigenvalue weighted by Gasteiger charge is -2.15. The minimum absolute atomic E-state index is 0.0580. The van der Waals surface area contributed by atoms with Gasteiger partial charge in [0.25, 0.3) is 0 Å². The summed E-state index contributed by atoms with van der Waals surface area (Å²) in [5.74, 6) is 1.52. The molecule has 1 heterocycles. The Morgan fingerprint density at radius 3 is 2.63 bits per heavy atom. The standard InChI is InChI=1S/C12H15NO3S.CH5N/c1-13(2)12(14)6-11(17)8-3-4-9-10(5-8)16-7-15-9;1-2/h3-5,11,17H,6-7H2,1-2H3;2H2,1H3. The molecule has 19 heavy (non-hydrogen) atoms. The minimum atomic E-state index is -0.126. The molecular formula is C13H20N2O3S. The van der Waals surface area contributed by atoms with Crippen LogP contribution < -0.4 is 15.2 Å². The molecule has 1 atom stereocenters. The number of carbonyl (C=O) groups excluding carboxylic acids is 1. The first-order valence-electron chi connectivity index (χ1n) is 5.93. The van der Waals surface area contributed by atoms with Gasteiger partial charge in [-0.25, -0.2) is 0 Å². The summed E-state index contributed by atoms with van der Waals surface area (Å²) in [6, 6.07) is 5.64. The molecule has 1 aromatic carbocycles. The summed E-state index contributed by atoms with van der Waals surface area (Å²) >= 11 is 4.45. The zero-order chi connectivity index (χ0) is 14.4. The van der Waals surface area contributed by atoms with Crippen molar-refractivity contribution >= 4 is 18.5 Å². The molecular weight excluding hydrogens is 264 g/mol. The predicted molar refractivity (Wildman–Crippen MR) is 77.7 cm³/mol. The molecule has 0 saturated heterocycles. The summed E-state index contributed by atoms with van der Waals surface area (Å²) < 4.78 is 10.5. The fourth-order valence-electron chi connectivity index (χ4n) is 1.59. The number of rotatable bonds is 3. The van der Waals surface area contributed by atoms with Gasteiger partial charge in [-0.15, -0.1) is 0 Å². The smallest absolute Gasteiger partial charge is 0.231 e. The van der Waals surface area contributed by atoms with Crippen LogP contribution in [-0.4, -0.2) is 38.7 Å². The minimum Gasteiger partial charge on any atom is -0.454 e. The third-order valence-electron chi connectivity index (χ3n) is 2.65. The van der Waals surface area contributed by atoms with E-state index in [2.05, 4.69) is 18.4 Å². The number of nitrogens with two attached hydrogens (primary N) is 1. The normalized spacial score (nSPS) is 13.3. The molecule has 0 radical (unpaired) electrons. The van der Waals surface area contributed by atoms with E-state index in [1.165, 1.54) is 7.05 Å². The van der Waals surface area contributed by atoms with E-state index < -0.39 is 0 Å².